The van der Waals surface area contributed by atoms with Gasteiger partial charge in [-0.3, -0.25) is 14.5 Å². The first kappa shape index (κ1) is 22.3. The summed E-state index contributed by atoms with van der Waals surface area (Å²) in [4.78, 5) is 37.7. The third-order valence-electron chi connectivity index (χ3n) is 6.22. The summed E-state index contributed by atoms with van der Waals surface area (Å²) in [7, 11) is 0. The van der Waals surface area contributed by atoms with E-state index in [1.54, 1.807) is 4.90 Å². The lowest BCUT2D eigenvalue weighted by molar-refractivity contribution is 0.0945. The van der Waals surface area contributed by atoms with Gasteiger partial charge in [0, 0.05) is 50.4 Å². The van der Waals surface area contributed by atoms with Gasteiger partial charge >= 0.3 is 0 Å². The molecule has 3 heterocycles. The van der Waals surface area contributed by atoms with Crippen LogP contribution < -0.4 is 15.8 Å². The van der Waals surface area contributed by atoms with Crippen LogP contribution in [0.2, 0.25) is 0 Å². The largest absolute Gasteiger partial charge is 0.365 e. The van der Waals surface area contributed by atoms with Crippen LogP contribution in [0.4, 0.5) is 18.9 Å². The summed E-state index contributed by atoms with van der Waals surface area (Å²) in [5.74, 6) is -2.68. The average molecular weight is 472 g/mol. The van der Waals surface area contributed by atoms with Crippen molar-refractivity contribution in [2.45, 2.75) is 32.4 Å². The number of anilines is 1. The molecule has 1 aliphatic carbocycles. The lowest BCUT2D eigenvalue weighted by Gasteiger charge is -2.36. The molecule has 2 fully saturated rings. The van der Waals surface area contributed by atoms with Crippen molar-refractivity contribution in [3.63, 3.8) is 0 Å². The predicted octanol–water partition coefficient (Wildman–Crippen LogP) is 2.26. The molecule has 0 atom stereocenters. The number of carbonyl (C=O) groups is 1. The first-order chi connectivity index (χ1) is 16.3. The van der Waals surface area contributed by atoms with Crippen LogP contribution in [0.3, 0.4) is 0 Å². The highest BCUT2D eigenvalue weighted by molar-refractivity contribution is 5.92. The number of carbonyl (C=O) groups excluding carboxylic acids is 1. The highest BCUT2D eigenvalue weighted by Gasteiger charge is 2.26. The molecule has 1 amide bonds. The van der Waals surface area contributed by atoms with Gasteiger partial charge in [0.05, 0.1) is 11.2 Å². The van der Waals surface area contributed by atoms with Crippen LogP contribution in [0.5, 0.6) is 0 Å². The summed E-state index contributed by atoms with van der Waals surface area (Å²) < 4.78 is 44.3. The number of nitrogens with zero attached hydrogens (tertiary/aromatic N) is 4. The molecule has 2 N–H and O–H groups in total. The van der Waals surface area contributed by atoms with Gasteiger partial charge in [-0.15, -0.1) is 0 Å². The lowest BCUT2D eigenvalue weighted by Crippen LogP contribution is -2.46. The van der Waals surface area contributed by atoms with E-state index in [1.165, 1.54) is 19.1 Å². The highest BCUT2D eigenvalue weighted by Crippen LogP contribution is 2.25. The molecule has 2 aliphatic rings. The van der Waals surface area contributed by atoms with Gasteiger partial charge in [-0.1, -0.05) is 0 Å². The van der Waals surface area contributed by atoms with E-state index in [1.807, 2.05) is 4.90 Å². The Labute approximate surface area is 192 Å². The molecule has 0 unspecified atom stereocenters. The number of hydrogen-bond donors (Lipinski definition) is 2. The SMILES string of the molecule is Cc1nc2cc(F)c(CN3CCN(c4ccc(C(=O)NC5CC5)nc4F)CC3)c(F)c2[nH]c1=O. The van der Waals surface area contributed by atoms with E-state index in [-0.39, 0.29) is 52.2 Å². The van der Waals surface area contributed by atoms with Crippen molar-refractivity contribution < 1.29 is 18.0 Å². The van der Waals surface area contributed by atoms with Crippen molar-refractivity contribution in [3.05, 3.63) is 63.1 Å². The van der Waals surface area contributed by atoms with Gasteiger partial charge in [-0.05, 0) is 31.9 Å². The van der Waals surface area contributed by atoms with Crippen molar-refractivity contribution in [3.8, 4) is 0 Å². The van der Waals surface area contributed by atoms with Crippen molar-refractivity contribution in [2.75, 3.05) is 31.1 Å². The van der Waals surface area contributed by atoms with E-state index in [2.05, 4.69) is 20.3 Å². The van der Waals surface area contributed by atoms with Crippen molar-refractivity contribution in [1.29, 1.82) is 0 Å². The molecule has 0 spiro atoms. The van der Waals surface area contributed by atoms with Crippen molar-refractivity contribution >= 4 is 22.6 Å². The van der Waals surface area contributed by atoms with E-state index in [9.17, 15) is 22.8 Å². The quantitative estimate of drug-likeness (QED) is 0.554. The van der Waals surface area contributed by atoms with Crippen LogP contribution in [0.25, 0.3) is 11.0 Å². The Morgan fingerprint density at radius 2 is 1.88 bits per heavy atom. The normalized spacial score (nSPS) is 16.8. The second kappa shape index (κ2) is 8.71. The first-order valence-electron chi connectivity index (χ1n) is 11.1. The molecule has 1 aromatic carbocycles. The maximum atomic E-state index is 15.0. The number of fused-ring (bicyclic) bond motifs is 1. The molecule has 1 saturated carbocycles. The maximum Gasteiger partial charge on any atom is 0.270 e. The fraction of sp³-hybridized carbons (Fsp3) is 0.391. The molecular formula is C23H23F3N6O2. The van der Waals surface area contributed by atoms with Gasteiger partial charge in [-0.2, -0.15) is 4.39 Å². The average Bonchev–Trinajstić information content (AvgIpc) is 3.63. The summed E-state index contributed by atoms with van der Waals surface area (Å²) >= 11 is 0. The Morgan fingerprint density at radius 1 is 1.15 bits per heavy atom. The Bertz CT molecular complexity index is 1330. The van der Waals surface area contributed by atoms with E-state index < -0.39 is 23.1 Å². The molecule has 3 aromatic rings. The number of halogens is 3. The molecule has 34 heavy (non-hydrogen) atoms. The van der Waals surface area contributed by atoms with Crippen molar-refractivity contribution in [1.82, 2.24) is 25.2 Å². The molecule has 5 rings (SSSR count). The minimum atomic E-state index is -0.836. The number of aromatic nitrogens is 3. The topological polar surface area (TPSA) is 94.2 Å². The summed E-state index contributed by atoms with van der Waals surface area (Å²) in [6.07, 6.45) is 1.86. The predicted molar refractivity (Wildman–Crippen MR) is 119 cm³/mol. The van der Waals surface area contributed by atoms with Crippen LogP contribution in [0.1, 0.15) is 34.6 Å². The summed E-state index contributed by atoms with van der Waals surface area (Å²) in [5, 5.41) is 2.78. The number of benzene rings is 1. The number of pyridine rings is 1. The molecule has 2 aromatic heterocycles. The fourth-order valence-electron chi connectivity index (χ4n) is 4.08. The number of H-pyrrole nitrogens is 1. The van der Waals surface area contributed by atoms with Gasteiger partial charge in [0.2, 0.25) is 5.95 Å². The molecule has 178 valence electrons. The van der Waals surface area contributed by atoms with E-state index in [0.717, 1.165) is 18.9 Å². The van der Waals surface area contributed by atoms with Gasteiger partial charge in [-0.25, -0.2) is 18.7 Å². The molecular weight excluding hydrogens is 449 g/mol. The molecule has 11 heteroatoms. The molecule has 1 aliphatic heterocycles. The Hall–Kier alpha value is -3.47. The Balaban J connectivity index is 1.27. The van der Waals surface area contributed by atoms with Gasteiger partial charge in [0.25, 0.3) is 11.5 Å². The highest BCUT2D eigenvalue weighted by atomic mass is 19.1. The lowest BCUT2D eigenvalue weighted by atomic mass is 10.1. The monoisotopic (exact) mass is 472 g/mol. The van der Waals surface area contributed by atoms with Crippen LogP contribution in [-0.2, 0) is 6.54 Å². The maximum absolute atomic E-state index is 15.0. The Kier molecular flexibility index (Phi) is 5.72. The van der Waals surface area contributed by atoms with Crippen LogP contribution in [0, 0.1) is 24.5 Å². The smallest absolute Gasteiger partial charge is 0.270 e. The number of rotatable bonds is 5. The number of nitrogens with one attached hydrogen (secondary N) is 2. The zero-order valence-corrected chi connectivity index (χ0v) is 18.5. The third-order valence-corrected chi connectivity index (χ3v) is 6.22. The third kappa shape index (κ3) is 4.35. The number of aryl methyl sites for hydroxylation is 1. The molecule has 0 radical (unpaired) electrons. The minimum Gasteiger partial charge on any atom is -0.365 e. The first-order valence-corrected chi connectivity index (χ1v) is 11.1. The van der Waals surface area contributed by atoms with Gasteiger partial charge in [0.1, 0.15) is 22.7 Å². The second-order valence-corrected chi connectivity index (χ2v) is 8.71. The molecule has 1 saturated heterocycles. The standard InChI is InChI=1S/C23H23F3N6O2/c1-12-22(33)30-20-17(27-12)10-15(24)14(19(20)25)11-31-6-8-32(9-7-31)18-5-4-16(29-21(18)26)23(34)28-13-2-3-13/h4-5,10,13H,2-3,6-9,11H2,1H3,(H,28,34)(H,30,33). The van der Waals surface area contributed by atoms with E-state index in [4.69, 9.17) is 0 Å². The van der Waals surface area contributed by atoms with Crippen LogP contribution in [-0.4, -0.2) is 58.0 Å². The van der Waals surface area contributed by atoms with Gasteiger partial charge in [0.15, 0.2) is 5.82 Å². The van der Waals surface area contributed by atoms with E-state index >= 15 is 0 Å². The van der Waals surface area contributed by atoms with E-state index in [0.29, 0.717) is 26.2 Å². The minimum absolute atomic E-state index is 0.00163. The number of piperazine rings is 1. The zero-order valence-electron chi connectivity index (χ0n) is 18.5. The zero-order chi connectivity index (χ0) is 24.0. The van der Waals surface area contributed by atoms with Crippen LogP contribution >= 0.6 is 0 Å². The molecule has 0 bridgehead atoms. The number of amides is 1. The van der Waals surface area contributed by atoms with Crippen LogP contribution in [0.15, 0.2) is 23.0 Å². The Morgan fingerprint density at radius 3 is 2.56 bits per heavy atom. The number of hydrogen-bond acceptors (Lipinski definition) is 6. The number of aromatic amines is 1. The summed E-state index contributed by atoms with van der Waals surface area (Å²) in [5.41, 5.74) is -0.289. The van der Waals surface area contributed by atoms with Crippen molar-refractivity contribution in [2.24, 2.45) is 0 Å². The van der Waals surface area contributed by atoms with Gasteiger partial charge < -0.3 is 15.2 Å². The second-order valence-electron chi connectivity index (χ2n) is 8.71. The molecule has 8 nitrogen and oxygen atoms in total. The summed E-state index contributed by atoms with van der Waals surface area (Å²) in [6, 6.07) is 4.31. The summed E-state index contributed by atoms with van der Waals surface area (Å²) in [6.45, 7) is 3.17. The fourth-order valence-corrected chi connectivity index (χ4v) is 4.08.